The van der Waals surface area contributed by atoms with Gasteiger partial charge in [0.15, 0.2) is 6.04 Å². The van der Waals surface area contributed by atoms with E-state index in [0.717, 1.165) is 5.56 Å². The molecule has 0 aliphatic rings. The Balaban J connectivity index is 2.66. The number of carbonyl (C=O) groups excluding carboxylic acids is 1. The first-order valence-corrected chi connectivity index (χ1v) is 6.93. The van der Waals surface area contributed by atoms with Crippen molar-refractivity contribution in [1.29, 1.82) is 0 Å². The van der Waals surface area contributed by atoms with Gasteiger partial charge >= 0.3 is 5.97 Å². The zero-order valence-electron chi connectivity index (χ0n) is 12.9. The molecule has 2 atom stereocenters. The first kappa shape index (κ1) is 17.2. The van der Waals surface area contributed by atoms with E-state index in [2.05, 4.69) is 5.32 Å². The predicted molar refractivity (Wildman–Crippen MR) is 80.0 cm³/mol. The smallest absolute Gasteiger partial charge is 0.328 e. The summed E-state index contributed by atoms with van der Waals surface area (Å²) in [6, 6.07) is 8.11. The van der Waals surface area contributed by atoms with Gasteiger partial charge in [-0.25, -0.2) is 4.79 Å². The second-order valence-corrected chi connectivity index (χ2v) is 5.98. The van der Waals surface area contributed by atoms with Crippen molar-refractivity contribution in [2.24, 2.45) is 0 Å². The number of hydrogen-bond acceptors (Lipinski definition) is 3. The van der Waals surface area contributed by atoms with E-state index in [1.807, 2.05) is 51.1 Å². The van der Waals surface area contributed by atoms with Crippen molar-refractivity contribution in [2.75, 3.05) is 0 Å². The van der Waals surface area contributed by atoms with Crippen LogP contribution in [0.15, 0.2) is 30.3 Å². The van der Waals surface area contributed by atoms with E-state index in [1.54, 1.807) is 6.92 Å². The number of aliphatic carboxylic acids is 1. The van der Waals surface area contributed by atoms with E-state index in [1.165, 1.54) is 0 Å². The van der Waals surface area contributed by atoms with Crippen molar-refractivity contribution in [3.05, 3.63) is 35.9 Å². The summed E-state index contributed by atoms with van der Waals surface area (Å²) < 4.78 is 5.62. The van der Waals surface area contributed by atoms with Gasteiger partial charge in [-0.2, -0.15) is 0 Å². The average Bonchev–Trinajstić information content (AvgIpc) is 2.34. The van der Waals surface area contributed by atoms with Gasteiger partial charge in [-0.15, -0.1) is 0 Å². The summed E-state index contributed by atoms with van der Waals surface area (Å²) in [6.07, 6.45) is -0.477. The average molecular weight is 293 g/mol. The molecule has 0 fully saturated rings. The molecule has 0 spiro atoms. The number of amides is 1. The summed E-state index contributed by atoms with van der Waals surface area (Å²) in [7, 11) is 0. The van der Waals surface area contributed by atoms with Crippen molar-refractivity contribution < 1.29 is 19.4 Å². The molecular formula is C16H23NO4. The molecule has 0 bridgehead atoms. The molecule has 0 unspecified atom stereocenters. The fourth-order valence-corrected chi connectivity index (χ4v) is 2.01. The predicted octanol–water partition coefficient (Wildman–Crippen LogP) is 2.00. The van der Waals surface area contributed by atoms with Crippen molar-refractivity contribution in [1.82, 2.24) is 5.32 Å². The number of carboxylic acid groups (broad SMARTS) is 1. The van der Waals surface area contributed by atoms with Crippen molar-refractivity contribution in [3.63, 3.8) is 0 Å². The van der Waals surface area contributed by atoms with Gasteiger partial charge in [0.2, 0.25) is 5.91 Å². The Morgan fingerprint density at radius 1 is 1.24 bits per heavy atom. The molecule has 0 saturated heterocycles. The molecule has 0 aliphatic carbocycles. The molecule has 0 radical (unpaired) electrons. The van der Waals surface area contributed by atoms with Gasteiger partial charge in [0.25, 0.3) is 0 Å². The van der Waals surface area contributed by atoms with Crippen molar-refractivity contribution in [2.45, 2.75) is 51.9 Å². The maximum Gasteiger partial charge on any atom is 0.328 e. The summed E-state index contributed by atoms with van der Waals surface area (Å²) >= 11 is 0. The molecule has 1 amide bonds. The number of hydrogen-bond donors (Lipinski definition) is 2. The Kier molecular flexibility index (Phi) is 5.90. The summed E-state index contributed by atoms with van der Waals surface area (Å²) in [4.78, 5) is 23.3. The summed E-state index contributed by atoms with van der Waals surface area (Å²) in [6.45, 7) is 7.17. The van der Waals surface area contributed by atoms with Crippen LogP contribution in [0, 0.1) is 0 Å². The highest BCUT2D eigenvalue weighted by Gasteiger charge is 2.30. The van der Waals surface area contributed by atoms with Crippen molar-refractivity contribution in [3.8, 4) is 0 Å². The number of rotatable bonds is 6. The molecule has 2 N–H and O–H groups in total. The lowest BCUT2D eigenvalue weighted by atomic mass is 10.1. The highest BCUT2D eigenvalue weighted by molar-refractivity contribution is 5.85. The van der Waals surface area contributed by atoms with Crippen LogP contribution in [0.1, 0.15) is 33.3 Å². The molecule has 21 heavy (non-hydrogen) atoms. The minimum atomic E-state index is -1.10. The van der Waals surface area contributed by atoms with Gasteiger partial charge in [-0.05, 0) is 33.3 Å². The molecule has 0 aliphatic heterocycles. The minimum Gasteiger partial charge on any atom is -0.480 e. The summed E-state index contributed by atoms with van der Waals surface area (Å²) in [5, 5.41) is 11.8. The van der Waals surface area contributed by atoms with E-state index in [-0.39, 0.29) is 12.3 Å². The van der Waals surface area contributed by atoms with Crippen LogP contribution in [0.4, 0.5) is 0 Å². The molecule has 0 aromatic heterocycles. The topological polar surface area (TPSA) is 75.6 Å². The molecule has 116 valence electrons. The maximum atomic E-state index is 12.0. The lowest BCUT2D eigenvalue weighted by Gasteiger charge is -2.29. The normalized spacial score (nSPS) is 14.3. The molecule has 0 heterocycles. The monoisotopic (exact) mass is 293 g/mol. The number of nitrogens with one attached hydrogen (secondary N) is 1. The van der Waals surface area contributed by atoms with Crippen LogP contribution < -0.4 is 5.32 Å². The van der Waals surface area contributed by atoms with Gasteiger partial charge in [0.05, 0.1) is 18.1 Å². The zero-order chi connectivity index (χ0) is 16.0. The summed E-state index contributed by atoms with van der Waals surface area (Å²) in [5.74, 6) is -1.44. The highest BCUT2D eigenvalue weighted by atomic mass is 16.5. The van der Waals surface area contributed by atoms with Gasteiger partial charge in [0.1, 0.15) is 0 Å². The molecular weight excluding hydrogens is 270 g/mol. The second kappa shape index (κ2) is 7.22. The fourth-order valence-electron chi connectivity index (χ4n) is 2.01. The molecule has 1 rings (SSSR count). The quantitative estimate of drug-likeness (QED) is 0.841. The molecule has 5 nitrogen and oxygen atoms in total. The molecule has 5 heteroatoms. The van der Waals surface area contributed by atoms with Crippen LogP contribution in [-0.4, -0.2) is 34.7 Å². The van der Waals surface area contributed by atoms with Gasteiger partial charge in [0, 0.05) is 0 Å². The highest BCUT2D eigenvalue weighted by Crippen LogP contribution is 2.13. The van der Waals surface area contributed by atoms with E-state index in [0.29, 0.717) is 0 Å². The SMILES string of the molecule is C[C@@H](OC(C)(C)C)[C@H](NC(=O)Cc1ccccc1)C(=O)O. The van der Waals surface area contributed by atoms with E-state index < -0.39 is 23.7 Å². The zero-order valence-corrected chi connectivity index (χ0v) is 12.9. The van der Waals surface area contributed by atoms with Crippen LogP contribution in [0.3, 0.4) is 0 Å². The number of ether oxygens (including phenoxy) is 1. The number of benzene rings is 1. The lowest BCUT2D eigenvalue weighted by molar-refractivity contribution is -0.150. The third kappa shape index (κ3) is 6.40. The van der Waals surface area contributed by atoms with E-state index in [9.17, 15) is 14.7 Å². The number of carbonyl (C=O) groups is 2. The third-order valence-electron chi connectivity index (χ3n) is 2.80. The van der Waals surface area contributed by atoms with Crippen LogP contribution in [0.5, 0.6) is 0 Å². The lowest BCUT2D eigenvalue weighted by Crippen LogP contribution is -2.50. The maximum absolute atomic E-state index is 12.0. The molecule has 1 aromatic rings. The van der Waals surface area contributed by atoms with Crippen LogP contribution in [0.2, 0.25) is 0 Å². The van der Waals surface area contributed by atoms with Gasteiger partial charge in [-0.1, -0.05) is 30.3 Å². The Bertz CT molecular complexity index is 479. The first-order valence-electron chi connectivity index (χ1n) is 6.93. The van der Waals surface area contributed by atoms with E-state index in [4.69, 9.17) is 4.74 Å². The Labute approximate surface area is 125 Å². The Morgan fingerprint density at radius 2 is 1.81 bits per heavy atom. The molecule has 1 aromatic carbocycles. The van der Waals surface area contributed by atoms with E-state index >= 15 is 0 Å². The van der Waals surface area contributed by atoms with Crippen LogP contribution in [0.25, 0.3) is 0 Å². The second-order valence-electron chi connectivity index (χ2n) is 5.98. The fraction of sp³-hybridized carbons (Fsp3) is 0.500. The Morgan fingerprint density at radius 3 is 2.29 bits per heavy atom. The van der Waals surface area contributed by atoms with Crippen LogP contribution >= 0.6 is 0 Å². The molecule has 0 saturated carbocycles. The first-order chi connectivity index (χ1) is 9.69. The number of carboxylic acids is 1. The standard InChI is InChI=1S/C16H23NO4/c1-11(21-16(2,3)4)14(15(19)20)17-13(18)10-12-8-6-5-7-9-12/h5-9,11,14H,10H2,1-4H3,(H,17,18)(H,19,20)/t11-,14+/m1/s1. The Hall–Kier alpha value is -1.88. The van der Waals surface area contributed by atoms with Crippen LogP contribution in [-0.2, 0) is 20.7 Å². The minimum absolute atomic E-state index is 0.146. The van der Waals surface area contributed by atoms with Crippen molar-refractivity contribution >= 4 is 11.9 Å². The largest absolute Gasteiger partial charge is 0.480 e. The third-order valence-corrected chi connectivity index (χ3v) is 2.80. The van der Waals surface area contributed by atoms with Gasteiger partial charge < -0.3 is 15.2 Å². The van der Waals surface area contributed by atoms with Gasteiger partial charge in [-0.3, -0.25) is 4.79 Å². The summed E-state index contributed by atoms with van der Waals surface area (Å²) in [5.41, 5.74) is 0.362.